The summed E-state index contributed by atoms with van der Waals surface area (Å²) in [6.45, 7) is 0. The van der Waals surface area contributed by atoms with E-state index < -0.39 is 9.84 Å². The predicted octanol–water partition coefficient (Wildman–Crippen LogP) is 2.98. The Bertz CT molecular complexity index is 702. The quantitative estimate of drug-likeness (QED) is 0.870. The summed E-state index contributed by atoms with van der Waals surface area (Å²) in [7, 11) is -3.23. The highest BCUT2D eigenvalue weighted by atomic mass is 35.5. The molecule has 0 radical (unpaired) electrons. The highest BCUT2D eigenvalue weighted by Crippen LogP contribution is 2.29. The van der Waals surface area contributed by atoms with E-state index in [0.717, 1.165) is 6.26 Å². The summed E-state index contributed by atoms with van der Waals surface area (Å²) in [6, 6.07) is 7.33. The van der Waals surface area contributed by atoms with Crippen molar-refractivity contribution in [2.24, 2.45) is 0 Å². The van der Waals surface area contributed by atoms with Crippen molar-refractivity contribution in [2.45, 2.75) is 4.90 Å². The SMILES string of the molecule is CS(=O)(=O)c1ccc(Oc2cc(Cl)nnc2Cl)cc1. The molecule has 0 N–H and O–H groups in total. The molecule has 0 unspecified atom stereocenters. The third kappa shape index (κ3) is 3.56. The maximum atomic E-state index is 11.3. The van der Waals surface area contributed by atoms with Crippen molar-refractivity contribution in [3.05, 3.63) is 40.6 Å². The van der Waals surface area contributed by atoms with Crippen LogP contribution in [-0.4, -0.2) is 24.9 Å². The van der Waals surface area contributed by atoms with Crippen LogP contribution in [0.4, 0.5) is 0 Å². The van der Waals surface area contributed by atoms with E-state index in [2.05, 4.69) is 10.2 Å². The highest BCUT2D eigenvalue weighted by Gasteiger charge is 2.09. The second-order valence-corrected chi connectivity index (χ2v) is 6.43. The lowest BCUT2D eigenvalue weighted by Gasteiger charge is -2.07. The van der Waals surface area contributed by atoms with Crippen LogP contribution >= 0.6 is 23.2 Å². The number of rotatable bonds is 3. The van der Waals surface area contributed by atoms with Crippen LogP contribution in [0.15, 0.2) is 35.2 Å². The van der Waals surface area contributed by atoms with Crippen LogP contribution < -0.4 is 4.74 Å². The average Bonchev–Trinajstić information content (AvgIpc) is 2.33. The Balaban J connectivity index is 2.27. The van der Waals surface area contributed by atoms with Gasteiger partial charge >= 0.3 is 0 Å². The number of ether oxygens (including phenoxy) is 1. The molecule has 0 fully saturated rings. The van der Waals surface area contributed by atoms with E-state index in [-0.39, 0.29) is 21.0 Å². The molecule has 0 aliphatic rings. The lowest BCUT2D eigenvalue weighted by molar-refractivity contribution is 0.478. The minimum Gasteiger partial charge on any atom is -0.454 e. The van der Waals surface area contributed by atoms with Gasteiger partial charge < -0.3 is 4.74 Å². The molecule has 2 aromatic rings. The van der Waals surface area contributed by atoms with Gasteiger partial charge in [-0.3, -0.25) is 0 Å². The molecule has 0 saturated heterocycles. The number of aromatic nitrogens is 2. The van der Waals surface area contributed by atoms with Crippen molar-refractivity contribution < 1.29 is 13.2 Å². The number of halogens is 2. The van der Waals surface area contributed by atoms with E-state index in [4.69, 9.17) is 27.9 Å². The second kappa shape index (κ2) is 5.32. The third-order valence-corrected chi connectivity index (χ3v) is 3.74. The first kappa shape index (κ1) is 14.0. The summed E-state index contributed by atoms with van der Waals surface area (Å²) in [5.74, 6) is 0.659. The smallest absolute Gasteiger partial charge is 0.194 e. The van der Waals surface area contributed by atoms with Gasteiger partial charge in [-0.2, -0.15) is 0 Å². The summed E-state index contributed by atoms with van der Waals surface area (Å²) in [5.41, 5.74) is 0. The van der Waals surface area contributed by atoms with Gasteiger partial charge in [0.15, 0.2) is 25.9 Å². The fourth-order valence-electron chi connectivity index (χ4n) is 1.29. The third-order valence-electron chi connectivity index (χ3n) is 2.17. The number of sulfone groups is 1. The number of benzene rings is 1. The van der Waals surface area contributed by atoms with Crippen molar-refractivity contribution in [1.82, 2.24) is 10.2 Å². The summed E-state index contributed by atoms with van der Waals surface area (Å²) < 4.78 is 28.1. The summed E-state index contributed by atoms with van der Waals surface area (Å²) >= 11 is 11.5. The summed E-state index contributed by atoms with van der Waals surface area (Å²) in [6.07, 6.45) is 1.13. The fraction of sp³-hybridized carbons (Fsp3) is 0.0909. The Morgan fingerprint density at radius 2 is 1.74 bits per heavy atom. The van der Waals surface area contributed by atoms with Crippen LogP contribution in [0.5, 0.6) is 11.5 Å². The standard InChI is InChI=1S/C11H8Cl2N2O3S/c1-19(16,17)8-4-2-7(3-5-8)18-9-6-10(12)14-15-11(9)13/h2-6H,1H3. The molecule has 0 aliphatic heterocycles. The summed E-state index contributed by atoms with van der Waals surface area (Å²) in [4.78, 5) is 0.205. The lowest BCUT2D eigenvalue weighted by Crippen LogP contribution is -1.96. The minimum atomic E-state index is -3.23. The molecule has 19 heavy (non-hydrogen) atoms. The van der Waals surface area contributed by atoms with E-state index in [1.807, 2.05) is 0 Å². The fourth-order valence-corrected chi connectivity index (χ4v) is 2.19. The maximum Gasteiger partial charge on any atom is 0.194 e. The first-order valence-corrected chi connectivity index (χ1v) is 7.68. The van der Waals surface area contributed by atoms with Crippen LogP contribution in [0.1, 0.15) is 0 Å². The molecule has 5 nitrogen and oxygen atoms in total. The van der Waals surface area contributed by atoms with Gasteiger partial charge in [-0.25, -0.2) is 8.42 Å². The molecular weight excluding hydrogens is 311 g/mol. The zero-order chi connectivity index (χ0) is 14.0. The molecule has 1 heterocycles. The minimum absolute atomic E-state index is 0.0663. The first-order valence-electron chi connectivity index (χ1n) is 5.03. The van der Waals surface area contributed by atoms with E-state index in [0.29, 0.717) is 5.75 Å². The largest absolute Gasteiger partial charge is 0.454 e. The topological polar surface area (TPSA) is 69.2 Å². The van der Waals surface area contributed by atoms with Crippen molar-refractivity contribution in [3.63, 3.8) is 0 Å². The predicted molar refractivity (Wildman–Crippen MR) is 71.7 cm³/mol. The second-order valence-electron chi connectivity index (χ2n) is 3.67. The molecule has 100 valence electrons. The van der Waals surface area contributed by atoms with E-state index in [1.54, 1.807) is 0 Å². The van der Waals surface area contributed by atoms with Crippen molar-refractivity contribution >= 4 is 33.0 Å². The van der Waals surface area contributed by atoms with Crippen molar-refractivity contribution in [2.75, 3.05) is 6.26 Å². The Labute approximate surface area is 120 Å². The van der Waals surface area contributed by atoms with Gasteiger partial charge in [0.1, 0.15) is 5.75 Å². The zero-order valence-corrected chi connectivity index (χ0v) is 12.0. The molecule has 1 aromatic carbocycles. The van der Waals surface area contributed by atoms with Gasteiger partial charge in [0, 0.05) is 12.3 Å². The Kier molecular flexibility index (Phi) is 3.93. The van der Waals surface area contributed by atoms with Gasteiger partial charge in [-0.05, 0) is 24.3 Å². The van der Waals surface area contributed by atoms with Crippen molar-refractivity contribution in [1.29, 1.82) is 0 Å². The number of hydrogen-bond acceptors (Lipinski definition) is 5. The highest BCUT2D eigenvalue weighted by molar-refractivity contribution is 7.90. The van der Waals surface area contributed by atoms with Crippen LogP contribution in [0.2, 0.25) is 10.3 Å². The molecule has 0 amide bonds. The molecule has 2 rings (SSSR count). The average molecular weight is 319 g/mol. The van der Waals surface area contributed by atoms with Gasteiger partial charge in [0.25, 0.3) is 0 Å². The van der Waals surface area contributed by atoms with Gasteiger partial charge in [-0.1, -0.05) is 23.2 Å². The van der Waals surface area contributed by atoms with Crippen LogP contribution in [0, 0.1) is 0 Å². The van der Waals surface area contributed by atoms with E-state index in [9.17, 15) is 8.42 Å². The normalized spacial score (nSPS) is 11.3. The number of hydrogen-bond donors (Lipinski definition) is 0. The van der Waals surface area contributed by atoms with E-state index in [1.165, 1.54) is 30.3 Å². The van der Waals surface area contributed by atoms with Crippen LogP contribution in [0.3, 0.4) is 0 Å². The van der Waals surface area contributed by atoms with Gasteiger partial charge in [0.2, 0.25) is 0 Å². The van der Waals surface area contributed by atoms with E-state index >= 15 is 0 Å². The maximum absolute atomic E-state index is 11.3. The number of nitrogens with zero attached hydrogens (tertiary/aromatic N) is 2. The Morgan fingerprint density at radius 1 is 1.11 bits per heavy atom. The Morgan fingerprint density at radius 3 is 2.32 bits per heavy atom. The lowest BCUT2D eigenvalue weighted by atomic mass is 10.3. The molecule has 0 atom stereocenters. The summed E-state index contributed by atoms with van der Waals surface area (Å²) in [5, 5.41) is 7.36. The zero-order valence-electron chi connectivity index (χ0n) is 9.67. The first-order chi connectivity index (χ1) is 8.86. The van der Waals surface area contributed by atoms with Gasteiger partial charge in [-0.15, -0.1) is 10.2 Å². The van der Waals surface area contributed by atoms with Gasteiger partial charge in [0.05, 0.1) is 4.90 Å². The molecule has 8 heteroatoms. The molecule has 0 saturated carbocycles. The van der Waals surface area contributed by atoms with Crippen LogP contribution in [-0.2, 0) is 9.84 Å². The Hall–Kier alpha value is -1.37. The molecular formula is C11H8Cl2N2O3S. The molecule has 1 aromatic heterocycles. The molecule has 0 spiro atoms. The monoisotopic (exact) mass is 318 g/mol. The van der Waals surface area contributed by atoms with Crippen LogP contribution in [0.25, 0.3) is 0 Å². The van der Waals surface area contributed by atoms with Crippen molar-refractivity contribution in [3.8, 4) is 11.5 Å². The molecule has 0 bridgehead atoms. The molecule has 0 aliphatic carbocycles.